The van der Waals surface area contributed by atoms with Gasteiger partial charge >= 0.3 is 0 Å². The van der Waals surface area contributed by atoms with Crippen molar-refractivity contribution < 1.29 is 9.66 Å². The van der Waals surface area contributed by atoms with Crippen LogP contribution in [0.2, 0.25) is 0 Å². The van der Waals surface area contributed by atoms with Gasteiger partial charge in [0, 0.05) is 22.3 Å². The molecule has 1 heterocycles. The van der Waals surface area contributed by atoms with Crippen molar-refractivity contribution in [2.45, 2.75) is 132 Å². The van der Waals surface area contributed by atoms with Gasteiger partial charge in [0.25, 0.3) is 5.69 Å². The van der Waals surface area contributed by atoms with Crippen molar-refractivity contribution in [3.63, 3.8) is 0 Å². The van der Waals surface area contributed by atoms with E-state index in [1.807, 2.05) is 20.8 Å². The first-order chi connectivity index (χ1) is 15.4. The van der Waals surface area contributed by atoms with Gasteiger partial charge in [0.2, 0.25) is 0 Å². The largest absolute Gasteiger partial charge is 0.487 e. The van der Waals surface area contributed by atoms with Crippen molar-refractivity contribution in [1.82, 2.24) is 0 Å². The van der Waals surface area contributed by atoms with Crippen LogP contribution in [-0.4, -0.2) is 10.5 Å². The lowest BCUT2D eigenvalue weighted by Gasteiger charge is -2.38. The van der Waals surface area contributed by atoms with E-state index in [4.69, 9.17) is 4.74 Å². The number of nitro benzene ring substituents is 1. The van der Waals surface area contributed by atoms with Crippen LogP contribution in [0.1, 0.15) is 121 Å². The molecule has 4 nitrogen and oxygen atoms in total. The van der Waals surface area contributed by atoms with E-state index in [0.717, 1.165) is 65.0 Å². The first kappa shape index (κ1) is 27.7. The Bertz CT molecular complexity index is 801. The summed E-state index contributed by atoms with van der Waals surface area (Å²) >= 11 is 0. The Hall–Kier alpha value is -1.58. The zero-order valence-electron chi connectivity index (χ0n) is 22.7. The van der Waals surface area contributed by atoms with Crippen molar-refractivity contribution in [2.24, 2.45) is 17.8 Å². The first-order valence-electron chi connectivity index (χ1n) is 13.4. The van der Waals surface area contributed by atoms with E-state index in [2.05, 4.69) is 34.6 Å². The van der Waals surface area contributed by atoms with Gasteiger partial charge in [-0.2, -0.15) is 0 Å². The molecule has 0 amide bonds. The van der Waals surface area contributed by atoms with Gasteiger partial charge in [-0.3, -0.25) is 10.1 Å². The highest BCUT2D eigenvalue weighted by Gasteiger charge is 2.36. The van der Waals surface area contributed by atoms with Crippen LogP contribution in [-0.2, 0) is 6.42 Å². The topological polar surface area (TPSA) is 52.4 Å². The van der Waals surface area contributed by atoms with Gasteiger partial charge in [-0.05, 0) is 71.1 Å². The quantitative estimate of drug-likeness (QED) is 0.218. The van der Waals surface area contributed by atoms with Crippen LogP contribution >= 0.6 is 0 Å². The highest BCUT2D eigenvalue weighted by molar-refractivity contribution is 5.62. The van der Waals surface area contributed by atoms with Gasteiger partial charge in [-0.1, -0.05) is 72.6 Å². The molecule has 0 aromatic heterocycles. The molecule has 0 unspecified atom stereocenters. The van der Waals surface area contributed by atoms with Crippen LogP contribution in [0.5, 0.6) is 5.75 Å². The normalized spacial score (nSPS) is 19.8. The van der Waals surface area contributed by atoms with E-state index in [0.29, 0.717) is 0 Å². The minimum Gasteiger partial charge on any atom is -0.487 e. The number of fused-ring (bicyclic) bond motifs is 1. The van der Waals surface area contributed by atoms with Crippen LogP contribution in [0.15, 0.2) is 0 Å². The summed E-state index contributed by atoms with van der Waals surface area (Å²) in [5.74, 6) is 3.36. The lowest BCUT2D eigenvalue weighted by molar-refractivity contribution is -0.386. The molecule has 3 atom stereocenters. The summed E-state index contributed by atoms with van der Waals surface area (Å²) in [6.45, 7) is 17.4. The number of ether oxygens (including phenoxy) is 1. The second kappa shape index (κ2) is 12.2. The fraction of sp³-hybridized carbons (Fsp3) is 0.793. The van der Waals surface area contributed by atoms with Crippen molar-refractivity contribution in [3.05, 3.63) is 32.4 Å². The van der Waals surface area contributed by atoms with Gasteiger partial charge in [0.15, 0.2) is 0 Å². The lowest BCUT2D eigenvalue weighted by Crippen LogP contribution is -2.37. The van der Waals surface area contributed by atoms with E-state index >= 15 is 0 Å². The molecule has 0 bridgehead atoms. The number of nitro groups is 1. The monoisotopic (exact) mass is 459 g/mol. The molecule has 4 heteroatoms. The van der Waals surface area contributed by atoms with E-state index in [-0.39, 0.29) is 16.2 Å². The first-order valence-corrected chi connectivity index (χ1v) is 13.4. The van der Waals surface area contributed by atoms with E-state index in [1.165, 1.54) is 51.4 Å². The van der Waals surface area contributed by atoms with Crippen LogP contribution < -0.4 is 4.74 Å². The fourth-order valence-corrected chi connectivity index (χ4v) is 5.55. The summed E-state index contributed by atoms with van der Waals surface area (Å²) in [5.41, 5.74) is 3.60. The second-order valence-electron chi connectivity index (χ2n) is 11.7. The minimum absolute atomic E-state index is 0.169. The zero-order valence-corrected chi connectivity index (χ0v) is 22.7. The van der Waals surface area contributed by atoms with E-state index in [9.17, 15) is 10.1 Å². The summed E-state index contributed by atoms with van der Waals surface area (Å²) in [6, 6.07) is 0. The molecule has 2 rings (SSSR count). The Morgan fingerprint density at radius 1 is 0.879 bits per heavy atom. The SMILES string of the molecule is Cc1c(C)c([N+](=O)[O-])c(C)c2c1O[C@](C)(CCC[C@H](C)CCC[C@H](C)CCCC(C)C)CC2. The fourth-order valence-electron chi connectivity index (χ4n) is 5.55. The summed E-state index contributed by atoms with van der Waals surface area (Å²) in [5, 5.41) is 11.6. The molecule has 0 radical (unpaired) electrons. The Balaban J connectivity index is 1.81. The molecule has 0 fully saturated rings. The summed E-state index contributed by atoms with van der Waals surface area (Å²) in [6.07, 6.45) is 13.5. The molecular weight excluding hydrogens is 410 g/mol. The Morgan fingerprint density at radius 3 is 1.97 bits per heavy atom. The van der Waals surface area contributed by atoms with Crippen LogP contribution in [0.25, 0.3) is 0 Å². The van der Waals surface area contributed by atoms with Crippen LogP contribution in [0.4, 0.5) is 5.69 Å². The van der Waals surface area contributed by atoms with Crippen molar-refractivity contribution >= 4 is 5.69 Å². The highest BCUT2D eigenvalue weighted by atomic mass is 16.6. The summed E-state index contributed by atoms with van der Waals surface area (Å²) in [4.78, 5) is 11.3. The number of hydrogen-bond donors (Lipinski definition) is 0. The van der Waals surface area contributed by atoms with Gasteiger partial charge in [0.1, 0.15) is 11.4 Å². The third-order valence-electron chi connectivity index (χ3n) is 8.05. The van der Waals surface area contributed by atoms with Crippen molar-refractivity contribution in [2.75, 3.05) is 0 Å². The predicted octanol–water partition coefficient (Wildman–Crippen LogP) is 9.04. The average Bonchev–Trinajstić information content (AvgIpc) is 2.71. The number of benzene rings is 1. The zero-order chi connectivity index (χ0) is 24.8. The minimum atomic E-state index is -0.237. The molecule has 0 aliphatic carbocycles. The molecule has 1 aliphatic rings. The molecule has 0 N–H and O–H groups in total. The molecule has 33 heavy (non-hydrogen) atoms. The molecule has 0 saturated heterocycles. The summed E-state index contributed by atoms with van der Waals surface area (Å²) < 4.78 is 6.57. The lowest BCUT2D eigenvalue weighted by atomic mass is 9.83. The van der Waals surface area contributed by atoms with Crippen LogP contribution in [0, 0.1) is 48.6 Å². The number of hydrogen-bond acceptors (Lipinski definition) is 3. The molecule has 188 valence electrons. The smallest absolute Gasteiger partial charge is 0.275 e. The maximum atomic E-state index is 11.6. The Kier molecular flexibility index (Phi) is 10.2. The third-order valence-corrected chi connectivity index (χ3v) is 8.05. The molecule has 1 aromatic rings. The van der Waals surface area contributed by atoms with Crippen molar-refractivity contribution in [3.8, 4) is 5.75 Å². The summed E-state index contributed by atoms with van der Waals surface area (Å²) in [7, 11) is 0. The standard InChI is InChI=1S/C29H49NO3/c1-20(2)12-9-13-21(3)14-10-15-22(4)16-11-18-29(8)19-17-26-25(7)27(30(31)32)23(5)24(6)28(26)33-29/h20-22H,9-19H2,1-8H3/t21-,22-,29-/m1/s1. The molecular formula is C29H49NO3. The number of rotatable bonds is 13. The molecule has 0 spiro atoms. The maximum Gasteiger partial charge on any atom is 0.275 e. The van der Waals surface area contributed by atoms with Gasteiger partial charge in [0.05, 0.1) is 4.92 Å². The van der Waals surface area contributed by atoms with Gasteiger partial charge in [-0.25, -0.2) is 0 Å². The Labute approximate surface area is 203 Å². The van der Waals surface area contributed by atoms with E-state index < -0.39 is 0 Å². The highest BCUT2D eigenvalue weighted by Crippen LogP contribution is 2.44. The van der Waals surface area contributed by atoms with E-state index in [1.54, 1.807) is 0 Å². The predicted molar refractivity (Wildman–Crippen MR) is 139 cm³/mol. The Morgan fingerprint density at radius 2 is 1.42 bits per heavy atom. The average molecular weight is 460 g/mol. The molecule has 1 aromatic carbocycles. The molecule has 1 aliphatic heterocycles. The number of nitrogens with zero attached hydrogens (tertiary/aromatic N) is 1. The van der Waals surface area contributed by atoms with Crippen LogP contribution in [0.3, 0.4) is 0 Å². The maximum absolute atomic E-state index is 11.6. The van der Waals surface area contributed by atoms with Gasteiger partial charge in [-0.15, -0.1) is 0 Å². The third kappa shape index (κ3) is 7.72. The second-order valence-corrected chi connectivity index (χ2v) is 11.7. The van der Waals surface area contributed by atoms with Gasteiger partial charge < -0.3 is 4.74 Å². The molecule has 0 saturated carbocycles. The van der Waals surface area contributed by atoms with Crippen molar-refractivity contribution in [1.29, 1.82) is 0 Å².